The van der Waals surface area contributed by atoms with Gasteiger partial charge in [-0.05, 0) is 44.1 Å². The Balaban J connectivity index is 1.81. The van der Waals surface area contributed by atoms with Crippen LogP contribution in [0.5, 0.6) is 5.75 Å². The molecule has 94 valence electrons. The number of likely N-dealkylation sites (tertiary alicyclic amines) is 1. The number of rotatable bonds is 5. The van der Waals surface area contributed by atoms with Crippen molar-refractivity contribution in [2.75, 3.05) is 33.8 Å². The van der Waals surface area contributed by atoms with Crippen molar-refractivity contribution < 1.29 is 4.74 Å². The predicted molar refractivity (Wildman–Crippen MR) is 70.6 cm³/mol. The van der Waals surface area contributed by atoms with Crippen LogP contribution in [0.3, 0.4) is 0 Å². The van der Waals surface area contributed by atoms with Gasteiger partial charge in [0.1, 0.15) is 5.75 Å². The molecule has 3 heteroatoms. The van der Waals surface area contributed by atoms with Crippen molar-refractivity contribution in [1.82, 2.24) is 10.2 Å². The Morgan fingerprint density at radius 3 is 3.06 bits per heavy atom. The molecule has 1 unspecified atom stereocenters. The van der Waals surface area contributed by atoms with Crippen LogP contribution < -0.4 is 10.1 Å². The topological polar surface area (TPSA) is 24.5 Å². The lowest BCUT2D eigenvalue weighted by atomic mass is 10.1. The van der Waals surface area contributed by atoms with E-state index in [1.165, 1.54) is 25.1 Å². The zero-order valence-electron chi connectivity index (χ0n) is 10.8. The second-order valence-corrected chi connectivity index (χ2v) is 4.68. The van der Waals surface area contributed by atoms with Gasteiger partial charge in [0.25, 0.3) is 0 Å². The minimum absolute atomic E-state index is 0.681. The van der Waals surface area contributed by atoms with E-state index < -0.39 is 0 Å². The monoisotopic (exact) mass is 234 g/mol. The van der Waals surface area contributed by atoms with Gasteiger partial charge in [-0.15, -0.1) is 0 Å². The molecular weight excluding hydrogens is 212 g/mol. The second kappa shape index (κ2) is 6.03. The number of hydrogen-bond donors (Lipinski definition) is 1. The summed E-state index contributed by atoms with van der Waals surface area (Å²) in [6.45, 7) is 3.54. The summed E-state index contributed by atoms with van der Waals surface area (Å²) in [7, 11) is 3.77. The van der Waals surface area contributed by atoms with Crippen LogP contribution in [0.4, 0.5) is 0 Å². The highest BCUT2D eigenvalue weighted by Gasteiger charge is 2.20. The lowest BCUT2D eigenvalue weighted by Gasteiger charge is -2.15. The number of ether oxygens (including phenoxy) is 1. The van der Waals surface area contributed by atoms with Crippen molar-refractivity contribution in [3.63, 3.8) is 0 Å². The molecule has 0 radical (unpaired) electrons. The summed E-state index contributed by atoms with van der Waals surface area (Å²) in [4.78, 5) is 2.53. The van der Waals surface area contributed by atoms with E-state index in [0.717, 1.165) is 18.7 Å². The SMILES string of the molecule is CNC1CCN(CCc2cccc(OC)c2)C1. The summed E-state index contributed by atoms with van der Waals surface area (Å²) < 4.78 is 5.24. The Labute approximate surface area is 104 Å². The highest BCUT2D eigenvalue weighted by molar-refractivity contribution is 5.28. The summed E-state index contributed by atoms with van der Waals surface area (Å²) in [5.74, 6) is 0.956. The molecule has 1 aromatic rings. The molecule has 1 aliphatic rings. The van der Waals surface area contributed by atoms with Crippen molar-refractivity contribution in [2.45, 2.75) is 18.9 Å². The number of nitrogens with zero attached hydrogens (tertiary/aromatic N) is 1. The molecule has 1 saturated heterocycles. The van der Waals surface area contributed by atoms with Crippen molar-refractivity contribution in [1.29, 1.82) is 0 Å². The highest BCUT2D eigenvalue weighted by Crippen LogP contribution is 2.14. The van der Waals surface area contributed by atoms with Gasteiger partial charge < -0.3 is 15.0 Å². The molecule has 1 N–H and O–H groups in total. The van der Waals surface area contributed by atoms with Crippen LogP contribution in [0.15, 0.2) is 24.3 Å². The van der Waals surface area contributed by atoms with E-state index in [9.17, 15) is 0 Å². The molecule has 0 amide bonds. The molecule has 1 heterocycles. The van der Waals surface area contributed by atoms with Gasteiger partial charge in [-0.3, -0.25) is 0 Å². The number of likely N-dealkylation sites (N-methyl/N-ethyl adjacent to an activating group) is 1. The summed E-state index contributed by atoms with van der Waals surface area (Å²) in [6, 6.07) is 9.05. The first-order valence-corrected chi connectivity index (χ1v) is 6.34. The third kappa shape index (κ3) is 3.45. The van der Waals surface area contributed by atoms with Crippen LogP contribution in [0.1, 0.15) is 12.0 Å². The summed E-state index contributed by atoms with van der Waals surface area (Å²) >= 11 is 0. The lowest BCUT2D eigenvalue weighted by Crippen LogP contribution is -2.30. The Morgan fingerprint density at radius 2 is 2.35 bits per heavy atom. The smallest absolute Gasteiger partial charge is 0.119 e. The van der Waals surface area contributed by atoms with E-state index in [4.69, 9.17) is 4.74 Å². The predicted octanol–water partition coefficient (Wildman–Crippen LogP) is 1.53. The Kier molecular flexibility index (Phi) is 4.40. The number of hydrogen-bond acceptors (Lipinski definition) is 3. The summed E-state index contributed by atoms with van der Waals surface area (Å²) in [5, 5.41) is 3.35. The first-order valence-electron chi connectivity index (χ1n) is 6.34. The molecular formula is C14H22N2O. The maximum absolute atomic E-state index is 5.24. The Bertz CT molecular complexity index is 354. The standard InChI is InChI=1S/C14H22N2O/c1-15-13-7-9-16(11-13)8-6-12-4-3-5-14(10-12)17-2/h3-5,10,13,15H,6-9,11H2,1-2H3. The average molecular weight is 234 g/mol. The average Bonchev–Trinajstić information content (AvgIpc) is 2.84. The van der Waals surface area contributed by atoms with Gasteiger partial charge in [0.05, 0.1) is 7.11 Å². The van der Waals surface area contributed by atoms with Crippen molar-refractivity contribution in [3.8, 4) is 5.75 Å². The molecule has 2 rings (SSSR count). The highest BCUT2D eigenvalue weighted by atomic mass is 16.5. The molecule has 1 aromatic carbocycles. The Morgan fingerprint density at radius 1 is 1.47 bits per heavy atom. The van der Waals surface area contributed by atoms with Crippen LogP contribution >= 0.6 is 0 Å². The van der Waals surface area contributed by atoms with E-state index in [-0.39, 0.29) is 0 Å². The normalized spacial score (nSPS) is 20.7. The van der Waals surface area contributed by atoms with E-state index in [1.54, 1.807) is 7.11 Å². The molecule has 0 aliphatic carbocycles. The largest absolute Gasteiger partial charge is 0.497 e. The fourth-order valence-electron chi connectivity index (χ4n) is 2.39. The molecule has 3 nitrogen and oxygen atoms in total. The molecule has 1 aliphatic heterocycles. The minimum Gasteiger partial charge on any atom is -0.497 e. The molecule has 1 atom stereocenters. The van der Waals surface area contributed by atoms with Crippen LogP contribution in [0.2, 0.25) is 0 Å². The van der Waals surface area contributed by atoms with Crippen LogP contribution in [-0.2, 0) is 6.42 Å². The van der Waals surface area contributed by atoms with Gasteiger partial charge in [-0.2, -0.15) is 0 Å². The van der Waals surface area contributed by atoms with Gasteiger partial charge in [0, 0.05) is 19.1 Å². The third-order valence-corrected chi connectivity index (χ3v) is 3.53. The third-order valence-electron chi connectivity index (χ3n) is 3.53. The quantitative estimate of drug-likeness (QED) is 0.836. The van der Waals surface area contributed by atoms with Gasteiger partial charge in [-0.1, -0.05) is 12.1 Å². The van der Waals surface area contributed by atoms with Gasteiger partial charge in [-0.25, -0.2) is 0 Å². The fourth-order valence-corrected chi connectivity index (χ4v) is 2.39. The maximum Gasteiger partial charge on any atom is 0.119 e. The van der Waals surface area contributed by atoms with Gasteiger partial charge in [0.15, 0.2) is 0 Å². The second-order valence-electron chi connectivity index (χ2n) is 4.68. The van der Waals surface area contributed by atoms with E-state index in [1.807, 2.05) is 6.07 Å². The zero-order valence-corrected chi connectivity index (χ0v) is 10.8. The van der Waals surface area contributed by atoms with Crippen molar-refractivity contribution in [2.24, 2.45) is 0 Å². The molecule has 17 heavy (non-hydrogen) atoms. The number of nitrogens with one attached hydrogen (secondary N) is 1. The molecule has 0 aromatic heterocycles. The number of benzene rings is 1. The van der Waals surface area contributed by atoms with E-state index in [2.05, 4.69) is 35.5 Å². The molecule has 0 saturated carbocycles. The summed E-state index contributed by atoms with van der Waals surface area (Å²) in [5.41, 5.74) is 1.36. The Hall–Kier alpha value is -1.06. The maximum atomic E-state index is 5.24. The summed E-state index contributed by atoms with van der Waals surface area (Å²) in [6.07, 6.45) is 2.38. The fraction of sp³-hybridized carbons (Fsp3) is 0.571. The van der Waals surface area contributed by atoms with Gasteiger partial charge in [0.2, 0.25) is 0 Å². The van der Waals surface area contributed by atoms with Crippen molar-refractivity contribution in [3.05, 3.63) is 29.8 Å². The van der Waals surface area contributed by atoms with Crippen LogP contribution in [0, 0.1) is 0 Å². The lowest BCUT2D eigenvalue weighted by molar-refractivity contribution is 0.334. The first-order chi connectivity index (χ1) is 8.31. The molecule has 0 spiro atoms. The van der Waals surface area contributed by atoms with E-state index in [0.29, 0.717) is 6.04 Å². The zero-order chi connectivity index (χ0) is 12.1. The molecule has 0 bridgehead atoms. The molecule has 1 fully saturated rings. The van der Waals surface area contributed by atoms with Crippen molar-refractivity contribution >= 4 is 0 Å². The minimum atomic E-state index is 0.681. The number of methoxy groups -OCH3 is 1. The van der Waals surface area contributed by atoms with Crippen LogP contribution in [-0.4, -0.2) is 44.7 Å². The van der Waals surface area contributed by atoms with E-state index >= 15 is 0 Å². The van der Waals surface area contributed by atoms with Gasteiger partial charge >= 0.3 is 0 Å². The first kappa shape index (κ1) is 12.4. The van der Waals surface area contributed by atoms with Crippen LogP contribution in [0.25, 0.3) is 0 Å².